The number of benzene rings is 1. The minimum absolute atomic E-state index is 0.126. The summed E-state index contributed by atoms with van der Waals surface area (Å²) < 4.78 is 39.6. The Morgan fingerprint density at radius 2 is 1.84 bits per heavy atom. The smallest absolute Gasteiger partial charge is 0.475 e. The van der Waals surface area contributed by atoms with Crippen molar-refractivity contribution in [2.45, 2.75) is 32.0 Å². The van der Waals surface area contributed by atoms with Gasteiger partial charge < -0.3 is 20.2 Å². The van der Waals surface area contributed by atoms with Gasteiger partial charge in [-0.05, 0) is 31.0 Å². The molecule has 0 atom stereocenters. The fourth-order valence-electron chi connectivity index (χ4n) is 3.95. The first-order valence-corrected chi connectivity index (χ1v) is 11.7. The third-order valence-corrected chi connectivity index (χ3v) is 6.20. The lowest BCUT2D eigenvalue weighted by molar-refractivity contribution is -0.192. The molecule has 0 aliphatic carbocycles. The van der Waals surface area contributed by atoms with E-state index in [4.69, 9.17) is 31.7 Å². The number of halogens is 4. The highest BCUT2D eigenvalue weighted by molar-refractivity contribution is 6.31. The number of carboxylic acids is 1. The van der Waals surface area contributed by atoms with Gasteiger partial charge >= 0.3 is 12.1 Å². The van der Waals surface area contributed by atoms with Gasteiger partial charge in [0.05, 0.1) is 17.8 Å². The molecular weight excluding hydrogens is 529 g/mol. The summed E-state index contributed by atoms with van der Waals surface area (Å²) in [6.07, 6.45) is 2.24. The first kappa shape index (κ1) is 26.9. The van der Waals surface area contributed by atoms with Crippen LogP contribution in [0.15, 0.2) is 47.3 Å². The number of carboxylic acid groups (broad SMARTS) is 1. The molecule has 4 heterocycles. The number of carbonyl (C=O) groups excluding carboxylic acids is 1. The van der Waals surface area contributed by atoms with Crippen LogP contribution in [0.3, 0.4) is 0 Å². The lowest BCUT2D eigenvalue weighted by Gasteiger charge is -2.31. The fourth-order valence-corrected chi connectivity index (χ4v) is 4.11. The van der Waals surface area contributed by atoms with Crippen LogP contribution in [-0.4, -0.2) is 60.9 Å². The van der Waals surface area contributed by atoms with Gasteiger partial charge in [0.1, 0.15) is 11.3 Å². The number of nitrogens with zero attached hydrogens (tertiary/aromatic N) is 5. The molecule has 0 unspecified atom stereocenters. The van der Waals surface area contributed by atoms with Gasteiger partial charge in [-0.2, -0.15) is 18.3 Å². The molecule has 4 aromatic rings. The first-order valence-electron chi connectivity index (χ1n) is 11.3. The van der Waals surface area contributed by atoms with E-state index in [1.54, 1.807) is 31.3 Å². The van der Waals surface area contributed by atoms with Gasteiger partial charge in [-0.1, -0.05) is 11.6 Å². The predicted molar refractivity (Wildman–Crippen MR) is 132 cm³/mol. The van der Waals surface area contributed by atoms with Crippen LogP contribution in [-0.2, 0) is 9.59 Å². The number of hydrogen-bond donors (Lipinski definition) is 2. The minimum Gasteiger partial charge on any atom is -0.475 e. The topological polar surface area (TPSA) is 140 Å². The SMILES string of the molecule is CC(=O)N1CCC(n2cc(-c3cnc(N)c(-c4nc5ccc(Cl)cc5o4)c3)cn2)CC1.O=C(O)C(F)(F)F. The number of nitrogens with two attached hydrogens (primary N) is 1. The molecule has 200 valence electrons. The monoisotopic (exact) mass is 550 g/mol. The summed E-state index contributed by atoms with van der Waals surface area (Å²) >= 11 is 6.05. The number of likely N-dealkylation sites (tertiary alicyclic amines) is 1. The van der Waals surface area contributed by atoms with Gasteiger partial charge in [0.25, 0.3) is 0 Å². The molecule has 0 radical (unpaired) electrons. The second kappa shape index (κ2) is 10.7. The van der Waals surface area contributed by atoms with Crippen LogP contribution in [0.25, 0.3) is 33.7 Å². The maximum atomic E-state index is 11.5. The van der Waals surface area contributed by atoms with E-state index in [9.17, 15) is 18.0 Å². The third-order valence-electron chi connectivity index (χ3n) is 5.96. The summed E-state index contributed by atoms with van der Waals surface area (Å²) in [7, 11) is 0. The van der Waals surface area contributed by atoms with Crippen LogP contribution in [0, 0.1) is 0 Å². The number of aliphatic carboxylic acids is 1. The molecule has 14 heteroatoms. The third kappa shape index (κ3) is 6.05. The van der Waals surface area contributed by atoms with E-state index in [0.29, 0.717) is 33.4 Å². The van der Waals surface area contributed by atoms with E-state index < -0.39 is 12.1 Å². The van der Waals surface area contributed by atoms with Crippen molar-refractivity contribution >= 4 is 40.4 Å². The molecule has 5 rings (SSSR count). The van der Waals surface area contributed by atoms with Crippen molar-refractivity contribution in [3.05, 3.63) is 47.9 Å². The summed E-state index contributed by atoms with van der Waals surface area (Å²) in [4.78, 5) is 31.2. The molecule has 1 aromatic carbocycles. The van der Waals surface area contributed by atoms with Crippen LogP contribution in [0.5, 0.6) is 0 Å². The average Bonchev–Trinajstić information content (AvgIpc) is 3.51. The van der Waals surface area contributed by atoms with E-state index in [1.165, 1.54) is 0 Å². The zero-order valence-electron chi connectivity index (χ0n) is 19.9. The highest BCUT2D eigenvalue weighted by atomic mass is 35.5. The Labute approximate surface area is 218 Å². The molecule has 1 aliphatic rings. The van der Waals surface area contributed by atoms with Crippen molar-refractivity contribution in [2.24, 2.45) is 0 Å². The lowest BCUT2D eigenvalue weighted by Crippen LogP contribution is -2.37. The number of aromatic nitrogens is 4. The van der Waals surface area contributed by atoms with Crippen molar-refractivity contribution in [3.63, 3.8) is 0 Å². The summed E-state index contributed by atoms with van der Waals surface area (Å²) in [6, 6.07) is 7.48. The summed E-state index contributed by atoms with van der Waals surface area (Å²) in [5.74, 6) is -1.90. The predicted octanol–water partition coefficient (Wildman–Crippen LogP) is 4.81. The molecule has 3 aromatic heterocycles. The van der Waals surface area contributed by atoms with Gasteiger partial charge in [-0.3, -0.25) is 9.48 Å². The van der Waals surface area contributed by atoms with Crippen LogP contribution in [0.4, 0.5) is 19.0 Å². The van der Waals surface area contributed by atoms with Crippen molar-refractivity contribution in [3.8, 4) is 22.6 Å². The van der Waals surface area contributed by atoms with Crippen molar-refractivity contribution in [2.75, 3.05) is 18.8 Å². The van der Waals surface area contributed by atoms with E-state index in [-0.39, 0.29) is 11.9 Å². The Hall–Kier alpha value is -4.13. The molecule has 0 bridgehead atoms. The highest BCUT2D eigenvalue weighted by Gasteiger charge is 2.38. The Bertz CT molecular complexity index is 1480. The number of alkyl halides is 3. The summed E-state index contributed by atoms with van der Waals surface area (Å²) in [6.45, 7) is 3.12. The van der Waals surface area contributed by atoms with Crippen molar-refractivity contribution in [1.29, 1.82) is 0 Å². The number of pyridine rings is 1. The molecule has 3 N–H and O–H groups in total. The molecular formula is C24H22ClF3N6O4. The zero-order chi connectivity index (χ0) is 27.6. The number of oxazole rings is 1. The molecule has 1 saturated heterocycles. The number of amides is 1. The molecule has 1 amide bonds. The zero-order valence-corrected chi connectivity index (χ0v) is 20.7. The molecule has 1 fully saturated rings. The van der Waals surface area contributed by atoms with Crippen molar-refractivity contribution < 1.29 is 32.3 Å². The number of fused-ring (bicyclic) bond motifs is 1. The number of carbonyl (C=O) groups is 2. The highest BCUT2D eigenvalue weighted by Crippen LogP contribution is 2.32. The summed E-state index contributed by atoms with van der Waals surface area (Å²) in [5.41, 5.74) is 9.84. The minimum atomic E-state index is -5.08. The van der Waals surface area contributed by atoms with Gasteiger partial charge in [0.2, 0.25) is 11.8 Å². The Morgan fingerprint density at radius 3 is 2.47 bits per heavy atom. The number of anilines is 1. The van der Waals surface area contributed by atoms with Crippen LogP contribution in [0.1, 0.15) is 25.8 Å². The number of nitrogen functional groups attached to an aromatic ring is 1. The maximum absolute atomic E-state index is 11.5. The first-order chi connectivity index (χ1) is 17.9. The second-order valence-electron chi connectivity index (χ2n) is 8.54. The molecule has 10 nitrogen and oxygen atoms in total. The Morgan fingerprint density at radius 1 is 1.16 bits per heavy atom. The Kier molecular flexibility index (Phi) is 7.58. The summed E-state index contributed by atoms with van der Waals surface area (Å²) in [5, 5.41) is 12.3. The van der Waals surface area contributed by atoms with E-state index in [0.717, 1.165) is 37.1 Å². The lowest BCUT2D eigenvalue weighted by atomic mass is 10.1. The van der Waals surface area contributed by atoms with Gasteiger partial charge in [0, 0.05) is 54.6 Å². The number of hydrogen-bond acceptors (Lipinski definition) is 7. The normalized spacial score (nSPS) is 14.3. The molecule has 0 spiro atoms. The van der Waals surface area contributed by atoms with Gasteiger partial charge in [0.15, 0.2) is 5.58 Å². The molecule has 38 heavy (non-hydrogen) atoms. The van der Waals surface area contributed by atoms with Gasteiger partial charge in [-0.15, -0.1) is 0 Å². The number of piperidine rings is 1. The van der Waals surface area contributed by atoms with Crippen molar-refractivity contribution in [1.82, 2.24) is 24.6 Å². The van der Waals surface area contributed by atoms with Crippen LogP contribution >= 0.6 is 11.6 Å². The molecule has 1 aliphatic heterocycles. The maximum Gasteiger partial charge on any atom is 0.490 e. The van der Waals surface area contributed by atoms with E-state index in [2.05, 4.69) is 15.1 Å². The molecule has 0 saturated carbocycles. The van der Waals surface area contributed by atoms with E-state index in [1.807, 2.05) is 28.0 Å². The fraction of sp³-hybridized carbons (Fsp3) is 0.292. The second-order valence-corrected chi connectivity index (χ2v) is 8.97. The average molecular weight is 551 g/mol. The van der Waals surface area contributed by atoms with Crippen LogP contribution in [0.2, 0.25) is 5.02 Å². The van der Waals surface area contributed by atoms with E-state index >= 15 is 0 Å². The largest absolute Gasteiger partial charge is 0.490 e. The number of rotatable bonds is 3. The standard InChI is InChI=1S/C22H21ClN6O2.C2HF3O2/c1-13(30)28-6-4-17(5-7-28)29-12-15(11-26-29)14-8-18(21(24)25-10-14)22-27-19-3-2-16(23)9-20(19)31-22;3-2(4,5)1(6)7/h2-3,8-12,17H,4-7H2,1H3,(H2,24,25);(H,6,7). The van der Waals surface area contributed by atoms with Gasteiger partial charge in [-0.25, -0.2) is 14.8 Å². The van der Waals surface area contributed by atoms with Crippen LogP contribution < -0.4 is 5.73 Å². The quantitative estimate of drug-likeness (QED) is 0.370. The Balaban J connectivity index is 0.000000426.